The fraction of sp³-hybridized carbons (Fsp3) is 0.217. The van der Waals surface area contributed by atoms with E-state index in [1.807, 2.05) is 83.5 Å². The molecule has 1 aliphatic heterocycles. The third-order valence-corrected chi connectivity index (χ3v) is 11.0. The molecule has 0 spiro atoms. The van der Waals surface area contributed by atoms with Crippen LogP contribution in [0.5, 0.6) is 0 Å². The van der Waals surface area contributed by atoms with Gasteiger partial charge < -0.3 is 9.64 Å². The number of aromatic nitrogens is 6. The zero-order chi connectivity index (χ0) is 38.9. The molecule has 0 saturated heterocycles. The Kier molecular flexibility index (Phi) is 9.64. The van der Waals surface area contributed by atoms with E-state index in [2.05, 4.69) is 77.4 Å². The van der Waals surface area contributed by atoms with Crippen LogP contribution in [0.15, 0.2) is 140 Å². The summed E-state index contributed by atoms with van der Waals surface area (Å²) in [7, 11) is 1.36. The average molecular weight is 742 g/mol. The predicted octanol–water partition coefficient (Wildman–Crippen LogP) is 7.78. The second kappa shape index (κ2) is 14.9. The molecule has 10 heteroatoms. The summed E-state index contributed by atoms with van der Waals surface area (Å²) in [5.41, 5.74) is 5.86. The van der Waals surface area contributed by atoms with Crippen molar-refractivity contribution < 1.29 is 14.3 Å². The number of methoxy groups -OCH3 is 1. The molecule has 1 aliphatic rings. The number of imidazole rings is 1. The number of benzene rings is 5. The molecule has 5 aromatic carbocycles. The lowest BCUT2D eigenvalue weighted by Crippen LogP contribution is -2.56. The molecule has 2 aromatic heterocycles. The highest BCUT2D eigenvalue weighted by Gasteiger charge is 2.51. The lowest BCUT2D eigenvalue weighted by atomic mass is 9.77. The van der Waals surface area contributed by atoms with Crippen LogP contribution in [0.2, 0.25) is 0 Å². The van der Waals surface area contributed by atoms with Crippen LogP contribution in [0.3, 0.4) is 0 Å². The molecule has 280 valence electrons. The minimum atomic E-state index is -1.35. The monoisotopic (exact) mass is 741 g/mol. The number of carbonyl (C=O) groups excluding carboxylic acids is 2. The molecule has 0 bridgehead atoms. The number of tetrazole rings is 1. The molecule has 3 heterocycles. The van der Waals surface area contributed by atoms with E-state index in [0.29, 0.717) is 30.9 Å². The number of hydrogen-bond donors (Lipinski definition) is 0. The summed E-state index contributed by atoms with van der Waals surface area (Å²) in [5, 5.41) is 13.8. The molecule has 0 aliphatic carbocycles. The van der Waals surface area contributed by atoms with Crippen molar-refractivity contribution in [3.05, 3.63) is 173 Å². The summed E-state index contributed by atoms with van der Waals surface area (Å²) in [5.74, 6) is 0.745. The summed E-state index contributed by atoms with van der Waals surface area (Å²) in [4.78, 5) is 33.2. The van der Waals surface area contributed by atoms with Gasteiger partial charge in [-0.15, -0.1) is 5.10 Å². The average Bonchev–Trinajstić information content (AvgIpc) is 3.88. The summed E-state index contributed by atoms with van der Waals surface area (Å²) in [6.07, 6.45) is 2.10. The predicted molar refractivity (Wildman–Crippen MR) is 215 cm³/mol. The van der Waals surface area contributed by atoms with Crippen molar-refractivity contribution in [2.24, 2.45) is 0 Å². The second-order valence-corrected chi connectivity index (χ2v) is 14.2. The number of hydrogen-bond acceptors (Lipinski definition) is 7. The first kappa shape index (κ1) is 36.3. The van der Waals surface area contributed by atoms with Gasteiger partial charge in [0.1, 0.15) is 11.4 Å². The molecular weight excluding hydrogens is 699 g/mol. The van der Waals surface area contributed by atoms with Crippen molar-refractivity contribution in [1.82, 2.24) is 34.7 Å². The number of carbonyl (C=O) groups is 2. The minimum Gasteiger partial charge on any atom is -0.467 e. The number of rotatable bonds is 10. The molecule has 0 fully saturated rings. The zero-order valence-corrected chi connectivity index (χ0v) is 32.0. The Morgan fingerprint density at radius 1 is 0.768 bits per heavy atom. The van der Waals surface area contributed by atoms with Gasteiger partial charge in [-0.05, 0) is 63.7 Å². The van der Waals surface area contributed by atoms with Crippen LogP contribution in [-0.2, 0) is 38.2 Å². The van der Waals surface area contributed by atoms with Crippen LogP contribution in [0.25, 0.3) is 28.2 Å². The Balaban J connectivity index is 1.29. The number of fused-ring (bicyclic) bond motifs is 1. The molecule has 0 saturated carbocycles. The molecule has 1 atom stereocenters. The Labute approximate surface area is 326 Å². The van der Waals surface area contributed by atoms with Crippen LogP contribution in [0, 0.1) is 0 Å². The Morgan fingerprint density at radius 3 is 1.86 bits per heavy atom. The highest BCUT2D eigenvalue weighted by molar-refractivity contribution is 5.89. The Hall–Kier alpha value is -6.68. The summed E-state index contributed by atoms with van der Waals surface area (Å²) in [6, 6.07) is 47.5. The van der Waals surface area contributed by atoms with Gasteiger partial charge in [-0.2, -0.15) is 0 Å². The van der Waals surface area contributed by atoms with Gasteiger partial charge in [0.2, 0.25) is 5.91 Å². The Morgan fingerprint density at radius 2 is 1.32 bits per heavy atom. The number of ether oxygens (including phenoxy) is 1. The van der Waals surface area contributed by atoms with Crippen molar-refractivity contribution in [3.63, 3.8) is 0 Å². The van der Waals surface area contributed by atoms with Gasteiger partial charge in [0.15, 0.2) is 11.4 Å². The van der Waals surface area contributed by atoms with E-state index >= 15 is 0 Å². The van der Waals surface area contributed by atoms with E-state index in [1.54, 1.807) is 11.8 Å². The van der Waals surface area contributed by atoms with Crippen molar-refractivity contribution in [2.75, 3.05) is 13.7 Å². The van der Waals surface area contributed by atoms with E-state index in [9.17, 15) is 9.59 Å². The van der Waals surface area contributed by atoms with Crippen LogP contribution in [-0.4, -0.2) is 60.2 Å². The van der Waals surface area contributed by atoms with Crippen LogP contribution < -0.4 is 0 Å². The maximum atomic E-state index is 13.6. The Bertz CT molecular complexity index is 2400. The van der Waals surface area contributed by atoms with Gasteiger partial charge in [0.05, 0.1) is 18.5 Å². The number of esters is 1. The van der Waals surface area contributed by atoms with Gasteiger partial charge in [0.25, 0.3) is 0 Å². The van der Waals surface area contributed by atoms with Crippen LogP contribution >= 0.6 is 0 Å². The summed E-state index contributed by atoms with van der Waals surface area (Å²) < 4.78 is 9.34. The minimum absolute atomic E-state index is 0.196. The number of amides is 1. The highest BCUT2D eigenvalue weighted by atomic mass is 16.5. The molecule has 0 N–H and O–H groups in total. The lowest BCUT2D eigenvalue weighted by molar-refractivity contribution is -0.162. The molecule has 56 heavy (non-hydrogen) atoms. The highest BCUT2D eigenvalue weighted by Crippen LogP contribution is 2.44. The second-order valence-electron chi connectivity index (χ2n) is 14.2. The van der Waals surface area contributed by atoms with Crippen LogP contribution in [0.1, 0.15) is 61.1 Å². The van der Waals surface area contributed by atoms with Gasteiger partial charge in [0, 0.05) is 37.6 Å². The molecule has 0 radical (unpaired) electrons. The molecule has 10 nitrogen and oxygen atoms in total. The van der Waals surface area contributed by atoms with Crippen molar-refractivity contribution >= 4 is 11.9 Å². The van der Waals surface area contributed by atoms with E-state index in [4.69, 9.17) is 20.0 Å². The number of aryl methyl sites for hydroxylation is 1. The standard InChI is InChI=1S/C46H43N7O3/c1-5-17-41-47-40-30-31-51(32(2)54)45(3,44(55)56-4)42(40)52(41)37-28-26-33(27-29-37)38-24-15-16-25-39(38)43-48-49-50-53(43)46(34-18-9-6-10-19-34,35-20-11-7-12-21-35)36-22-13-8-14-23-36/h6-16,18-29H,5,17,30-31H2,1-4H3. The van der Waals surface area contributed by atoms with E-state index in [1.165, 1.54) is 14.0 Å². The summed E-state index contributed by atoms with van der Waals surface area (Å²) >= 11 is 0. The van der Waals surface area contributed by atoms with Crippen molar-refractivity contribution in [2.45, 2.75) is 51.1 Å². The SMILES string of the molecule is CCCc1nc2c(n1-c1ccc(-c3ccccc3-c3nnnn3C(c3ccccc3)(c3ccccc3)c3ccccc3)cc1)C(C)(C(=O)OC)N(C(C)=O)CC2. The third kappa shape index (κ3) is 5.80. The number of nitrogens with zero attached hydrogens (tertiary/aromatic N) is 7. The van der Waals surface area contributed by atoms with Gasteiger partial charge in [-0.1, -0.05) is 134 Å². The molecular formula is C46H43N7O3. The van der Waals surface area contributed by atoms with Crippen LogP contribution in [0.4, 0.5) is 0 Å². The third-order valence-electron chi connectivity index (χ3n) is 11.0. The lowest BCUT2D eigenvalue weighted by Gasteiger charge is -2.42. The maximum Gasteiger partial charge on any atom is 0.337 e. The fourth-order valence-electron chi connectivity index (χ4n) is 8.51. The van der Waals surface area contributed by atoms with Crippen molar-refractivity contribution in [1.29, 1.82) is 0 Å². The first-order valence-corrected chi connectivity index (χ1v) is 19.0. The van der Waals surface area contributed by atoms with E-state index < -0.39 is 17.0 Å². The normalized spacial score (nSPS) is 15.3. The summed E-state index contributed by atoms with van der Waals surface area (Å²) in [6.45, 7) is 5.74. The molecule has 7 aromatic rings. The molecule has 1 amide bonds. The van der Waals surface area contributed by atoms with E-state index in [-0.39, 0.29) is 5.91 Å². The van der Waals surface area contributed by atoms with Gasteiger partial charge >= 0.3 is 5.97 Å². The molecule has 8 rings (SSSR count). The first-order chi connectivity index (χ1) is 27.3. The van der Waals surface area contributed by atoms with Gasteiger partial charge in [-0.3, -0.25) is 9.36 Å². The van der Waals surface area contributed by atoms with Crippen molar-refractivity contribution in [3.8, 4) is 28.2 Å². The first-order valence-electron chi connectivity index (χ1n) is 19.0. The van der Waals surface area contributed by atoms with E-state index in [0.717, 1.165) is 57.0 Å². The maximum absolute atomic E-state index is 13.6. The van der Waals surface area contributed by atoms with Gasteiger partial charge in [-0.25, -0.2) is 14.5 Å². The quantitative estimate of drug-likeness (QED) is 0.104. The molecule has 1 unspecified atom stereocenters. The largest absolute Gasteiger partial charge is 0.467 e. The smallest absolute Gasteiger partial charge is 0.337 e. The fourth-order valence-corrected chi connectivity index (χ4v) is 8.51. The zero-order valence-electron chi connectivity index (χ0n) is 32.0. The topological polar surface area (TPSA) is 108 Å².